The predicted octanol–water partition coefficient (Wildman–Crippen LogP) is 2.01. The third-order valence-electron chi connectivity index (χ3n) is 4.90. The van der Waals surface area contributed by atoms with Gasteiger partial charge in [-0.1, -0.05) is 37.3 Å². The molecule has 0 radical (unpaired) electrons. The zero-order valence-corrected chi connectivity index (χ0v) is 15.1. The first-order chi connectivity index (χ1) is 11.3. The Morgan fingerprint density at radius 2 is 1.88 bits per heavy atom. The Morgan fingerprint density at radius 1 is 1.17 bits per heavy atom. The Kier molecular flexibility index (Phi) is 7.49. The average Bonchev–Trinajstić information content (AvgIpc) is 3.11. The lowest BCUT2D eigenvalue weighted by molar-refractivity contribution is -0.136. The van der Waals surface area contributed by atoms with E-state index in [0.29, 0.717) is 6.04 Å². The van der Waals surface area contributed by atoms with Gasteiger partial charge in [0.05, 0.1) is 0 Å². The maximum atomic E-state index is 13.0. The van der Waals surface area contributed by atoms with Crippen LogP contribution in [-0.4, -0.2) is 42.5 Å². The van der Waals surface area contributed by atoms with Crippen molar-refractivity contribution >= 4 is 18.3 Å². The Hall–Kier alpha value is -1.14. The first-order valence-electron chi connectivity index (χ1n) is 8.86. The molecule has 5 nitrogen and oxygen atoms in total. The summed E-state index contributed by atoms with van der Waals surface area (Å²) in [5.41, 5.74) is 7.76. The smallest absolute Gasteiger partial charge is 0.241 e. The van der Waals surface area contributed by atoms with Crippen LogP contribution >= 0.6 is 12.4 Å². The van der Waals surface area contributed by atoms with Crippen LogP contribution < -0.4 is 16.2 Å². The van der Waals surface area contributed by atoms with Crippen LogP contribution in [0.3, 0.4) is 0 Å². The summed E-state index contributed by atoms with van der Waals surface area (Å²) in [6.45, 7) is 5.04. The lowest BCUT2D eigenvalue weighted by Gasteiger charge is -2.36. The van der Waals surface area contributed by atoms with Gasteiger partial charge in [0.25, 0.3) is 0 Å². The highest BCUT2D eigenvalue weighted by Gasteiger charge is 2.35. The van der Waals surface area contributed by atoms with Crippen LogP contribution in [0.5, 0.6) is 0 Å². The average molecular weight is 353 g/mol. The van der Waals surface area contributed by atoms with Crippen molar-refractivity contribution in [2.24, 2.45) is 0 Å². The molecule has 0 spiro atoms. The number of halogens is 1. The zero-order valence-electron chi connectivity index (χ0n) is 14.3. The Labute approximate surface area is 150 Å². The second kappa shape index (κ2) is 9.37. The zero-order chi connectivity index (χ0) is 16.1. The van der Waals surface area contributed by atoms with E-state index < -0.39 is 0 Å². The summed E-state index contributed by atoms with van der Waals surface area (Å²) in [7, 11) is 0. The molecule has 2 saturated heterocycles. The normalized spacial score (nSPS) is 24.4. The molecule has 2 aliphatic heterocycles. The van der Waals surface area contributed by atoms with Crippen LogP contribution in [-0.2, 0) is 4.79 Å². The highest BCUT2D eigenvalue weighted by molar-refractivity contribution is 5.85. The van der Waals surface area contributed by atoms with Gasteiger partial charge in [0.1, 0.15) is 6.04 Å². The lowest BCUT2D eigenvalue weighted by Crippen LogP contribution is -2.52. The molecular formula is C18H29ClN4O. The van der Waals surface area contributed by atoms with Crippen molar-refractivity contribution in [1.29, 1.82) is 0 Å². The Morgan fingerprint density at radius 3 is 2.54 bits per heavy atom. The van der Waals surface area contributed by atoms with Gasteiger partial charge in [0.15, 0.2) is 0 Å². The molecule has 6 heteroatoms. The third kappa shape index (κ3) is 4.48. The van der Waals surface area contributed by atoms with E-state index in [9.17, 15) is 4.79 Å². The SMILES string of the molecule is CCCN(C(=O)C1CC(c2ccccc2)NN1)C1CCNCC1.Cl. The molecule has 134 valence electrons. The van der Waals surface area contributed by atoms with Crippen molar-refractivity contribution in [2.75, 3.05) is 19.6 Å². The number of carbonyl (C=O) groups excluding carboxylic acids is 1. The molecule has 2 atom stereocenters. The van der Waals surface area contributed by atoms with Gasteiger partial charge in [0, 0.05) is 18.6 Å². The number of hydrogen-bond donors (Lipinski definition) is 3. The van der Waals surface area contributed by atoms with Crippen LogP contribution in [0, 0.1) is 0 Å². The quantitative estimate of drug-likeness (QED) is 0.758. The van der Waals surface area contributed by atoms with Crippen molar-refractivity contribution in [3.63, 3.8) is 0 Å². The van der Waals surface area contributed by atoms with Gasteiger partial charge in [0.2, 0.25) is 5.91 Å². The third-order valence-corrected chi connectivity index (χ3v) is 4.90. The molecule has 0 saturated carbocycles. The summed E-state index contributed by atoms with van der Waals surface area (Å²) in [6.07, 6.45) is 3.95. The van der Waals surface area contributed by atoms with E-state index in [1.165, 1.54) is 5.56 Å². The monoisotopic (exact) mass is 352 g/mol. The van der Waals surface area contributed by atoms with E-state index in [1.807, 2.05) is 18.2 Å². The van der Waals surface area contributed by atoms with Gasteiger partial charge in [-0.3, -0.25) is 4.79 Å². The predicted molar refractivity (Wildman–Crippen MR) is 99.0 cm³/mol. The van der Waals surface area contributed by atoms with Gasteiger partial charge in [-0.2, -0.15) is 0 Å². The van der Waals surface area contributed by atoms with Gasteiger partial charge in [-0.25, -0.2) is 10.9 Å². The summed E-state index contributed by atoms with van der Waals surface area (Å²) in [6, 6.07) is 10.8. The van der Waals surface area contributed by atoms with Crippen molar-refractivity contribution in [3.8, 4) is 0 Å². The molecule has 3 N–H and O–H groups in total. The minimum Gasteiger partial charge on any atom is -0.338 e. The number of rotatable bonds is 5. The van der Waals surface area contributed by atoms with Gasteiger partial charge < -0.3 is 10.2 Å². The molecular weight excluding hydrogens is 324 g/mol. The fraction of sp³-hybridized carbons (Fsp3) is 0.611. The molecule has 2 unspecified atom stereocenters. The van der Waals surface area contributed by atoms with Crippen LogP contribution in [0.4, 0.5) is 0 Å². The number of nitrogens with one attached hydrogen (secondary N) is 3. The summed E-state index contributed by atoms with van der Waals surface area (Å²) in [5, 5.41) is 3.38. The summed E-state index contributed by atoms with van der Waals surface area (Å²) in [4.78, 5) is 15.1. The minimum atomic E-state index is -0.123. The van der Waals surface area contributed by atoms with Crippen molar-refractivity contribution in [2.45, 2.75) is 50.7 Å². The fourth-order valence-electron chi connectivity index (χ4n) is 3.65. The first kappa shape index (κ1) is 19.2. The second-order valence-corrected chi connectivity index (χ2v) is 6.55. The molecule has 2 aliphatic rings. The number of benzene rings is 1. The second-order valence-electron chi connectivity index (χ2n) is 6.55. The molecule has 24 heavy (non-hydrogen) atoms. The largest absolute Gasteiger partial charge is 0.338 e. The lowest BCUT2D eigenvalue weighted by atomic mass is 9.99. The van der Waals surface area contributed by atoms with Crippen LogP contribution in [0.25, 0.3) is 0 Å². The molecule has 1 amide bonds. The first-order valence-corrected chi connectivity index (χ1v) is 8.86. The summed E-state index contributed by atoms with van der Waals surface area (Å²) >= 11 is 0. The Bertz CT molecular complexity index is 507. The fourth-order valence-corrected chi connectivity index (χ4v) is 3.65. The number of hydrogen-bond acceptors (Lipinski definition) is 4. The van der Waals surface area contributed by atoms with E-state index in [0.717, 1.165) is 45.3 Å². The molecule has 1 aromatic rings. The molecule has 2 fully saturated rings. The molecule has 0 bridgehead atoms. The van der Waals surface area contributed by atoms with Crippen molar-refractivity contribution in [3.05, 3.63) is 35.9 Å². The molecule has 3 rings (SSSR count). The number of carbonyl (C=O) groups is 1. The van der Waals surface area contributed by atoms with E-state index >= 15 is 0 Å². The van der Waals surface area contributed by atoms with Gasteiger partial charge >= 0.3 is 0 Å². The van der Waals surface area contributed by atoms with Crippen molar-refractivity contribution in [1.82, 2.24) is 21.1 Å². The number of nitrogens with zero attached hydrogens (tertiary/aromatic N) is 1. The summed E-state index contributed by atoms with van der Waals surface area (Å²) < 4.78 is 0. The maximum Gasteiger partial charge on any atom is 0.241 e. The van der Waals surface area contributed by atoms with E-state index in [1.54, 1.807) is 0 Å². The molecule has 2 heterocycles. The number of amides is 1. The standard InChI is InChI=1S/C18H28N4O.ClH/c1-2-12-22(15-8-10-19-11-9-15)18(23)17-13-16(20-21-17)14-6-4-3-5-7-14;/h3-7,15-17,19-21H,2,8-13H2,1H3;1H. The minimum absolute atomic E-state index is 0. The highest BCUT2D eigenvalue weighted by Crippen LogP contribution is 2.24. The van der Waals surface area contributed by atoms with Crippen LogP contribution in [0.2, 0.25) is 0 Å². The molecule has 0 aromatic heterocycles. The van der Waals surface area contributed by atoms with Gasteiger partial charge in [-0.15, -0.1) is 12.4 Å². The van der Waals surface area contributed by atoms with Gasteiger partial charge in [-0.05, 0) is 44.3 Å². The van der Waals surface area contributed by atoms with E-state index in [2.05, 4.69) is 40.1 Å². The number of piperidine rings is 1. The van der Waals surface area contributed by atoms with Crippen LogP contribution in [0.1, 0.15) is 44.2 Å². The van der Waals surface area contributed by atoms with E-state index in [4.69, 9.17) is 0 Å². The molecule has 0 aliphatic carbocycles. The van der Waals surface area contributed by atoms with Crippen LogP contribution in [0.15, 0.2) is 30.3 Å². The van der Waals surface area contributed by atoms with E-state index in [-0.39, 0.29) is 30.4 Å². The number of hydrazine groups is 1. The summed E-state index contributed by atoms with van der Waals surface area (Å²) in [5.74, 6) is 0.254. The topological polar surface area (TPSA) is 56.4 Å². The molecule has 1 aromatic carbocycles. The maximum absolute atomic E-state index is 13.0. The Balaban J connectivity index is 0.00000208. The highest BCUT2D eigenvalue weighted by atomic mass is 35.5. The van der Waals surface area contributed by atoms with Crippen molar-refractivity contribution < 1.29 is 4.79 Å².